The zero-order chi connectivity index (χ0) is 19.1. The van der Waals surface area contributed by atoms with Crippen molar-refractivity contribution in [2.24, 2.45) is 5.73 Å². The number of nitrogens with zero attached hydrogens (tertiary/aromatic N) is 2. The third-order valence-corrected chi connectivity index (χ3v) is 4.74. The summed E-state index contributed by atoms with van der Waals surface area (Å²) >= 11 is 0. The normalized spacial score (nSPS) is 12.4. The minimum absolute atomic E-state index is 0.0588. The number of primary amides is 1. The second kappa shape index (κ2) is 15.2. The van der Waals surface area contributed by atoms with Gasteiger partial charge in [-0.3, -0.25) is 14.5 Å². The zero-order valence-corrected chi connectivity index (χ0v) is 17.1. The second-order valence-electron chi connectivity index (χ2n) is 7.30. The lowest BCUT2D eigenvalue weighted by atomic mass is 10.1. The van der Waals surface area contributed by atoms with E-state index in [4.69, 9.17) is 5.73 Å². The average Bonchev–Trinajstić information content (AvgIpc) is 2.56. The molecular formula is C20H41N3O2. The molecule has 0 saturated carbocycles. The summed E-state index contributed by atoms with van der Waals surface area (Å²) in [6, 6.07) is -0.518. The van der Waals surface area contributed by atoms with Gasteiger partial charge in [-0.1, -0.05) is 65.2 Å². The molecule has 5 nitrogen and oxygen atoms in total. The summed E-state index contributed by atoms with van der Waals surface area (Å²) in [5, 5.41) is 0. The number of nitrogens with two attached hydrogens (primary N) is 1. The largest absolute Gasteiger partial charge is 0.368 e. The van der Waals surface area contributed by atoms with Gasteiger partial charge in [0.1, 0.15) is 0 Å². The zero-order valence-electron chi connectivity index (χ0n) is 17.1. The van der Waals surface area contributed by atoms with Crippen LogP contribution in [0.4, 0.5) is 0 Å². The van der Waals surface area contributed by atoms with Crippen LogP contribution in [-0.4, -0.2) is 54.8 Å². The SMILES string of the molecule is CCCCCCCN(CCCCCCC)C(=O)CC(C(N)=O)N(C)C. The molecule has 0 radical (unpaired) electrons. The molecule has 2 amide bonds. The van der Waals surface area contributed by atoms with Gasteiger partial charge in [0, 0.05) is 13.1 Å². The number of carbonyl (C=O) groups excluding carboxylic acids is 2. The third kappa shape index (κ3) is 12.0. The standard InChI is InChI=1S/C20H41N3O2/c1-5-7-9-11-13-15-23(16-14-12-10-8-6-2)19(24)17-18(20(21)25)22(3)4/h18H,5-17H2,1-4H3,(H2,21,25). The van der Waals surface area contributed by atoms with Gasteiger partial charge in [0.2, 0.25) is 11.8 Å². The van der Waals surface area contributed by atoms with Crippen LogP contribution in [-0.2, 0) is 9.59 Å². The highest BCUT2D eigenvalue weighted by Crippen LogP contribution is 2.10. The van der Waals surface area contributed by atoms with Gasteiger partial charge in [-0.25, -0.2) is 0 Å². The molecule has 0 heterocycles. The van der Waals surface area contributed by atoms with Crippen LogP contribution in [0.25, 0.3) is 0 Å². The number of carbonyl (C=O) groups is 2. The fourth-order valence-electron chi connectivity index (χ4n) is 3.01. The van der Waals surface area contributed by atoms with Gasteiger partial charge in [-0.2, -0.15) is 0 Å². The Morgan fingerprint density at radius 1 is 0.800 bits per heavy atom. The molecule has 148 valence electrons. The predicted octanol–water partition coefficient (Wildman–Crippen LogP) is 3.56. The first-order valence-electron chi connectivity index (χ1n) is 10.2. The molecule has 0 saturated heterocycles. The highest BCUT2D eigenvalue weighted by molar-refractivity contribution is 5.87. The van der Waals surface area contributed by atoms with E-state index in [9.17, 15) is 9.59 Å². The lowest BCUT2D eigenvalue weighted by molar-refractivity contribution is -0.136. The molecule has 0 aliphatic heterocycles. The lowest BCUT2D eigenvalue weighted by Crippen LogP contribution is -2.45. The number of likely N-dealkylation sites (N-methyl/N-ethyl adjacent to an activating group) is 1. The number of unbranched alkanes of at least 4 members (excludes halogenated alkanes) is 8. The van der Waals surface area contributed by atoms with Crippen LogP contribution >= 0.6 is 0 Å². The molecule has 25 heavy (non-hydrogen) atoms. The molecule has 0 rings (SSSR count). The lowest BCUT2D eigenvalue weighted by Gasteiger charge is -2.27. The molecule has 0 aromatic carbocycles. The van der Waals surface area contributed by atoms with E-state index in [0.29, 0.717) is 0 Å². The number of rotatable bonds is 16. The fraction of sp³-hybridized carbons (Fsp3) is 0.900. The van der Waals surface area contributed by atoms with E-state index >= 15 is 0 Å². The Morgan fingerprint density at radius 3 is 1.60 bits per heavy atom. The Labute approximate surface area is 155 Å². The van der Waals surface area contributed by atoms with Crippen LogP contribution in [0, 0.1) is 0 Å². The van der Waals surface area contributed by atoms with Crippen molar-refractivity contribution in [3.8, 4) is 0 Å². The van der Waals surface area contributed by atoms with Crippen molar-refractivity contribution in [2.45, 2.75) is 90.5 Å². The van der Waals surface area contributed by atoms with Crippen molar-refractivity contribution >= 4 is 11.8 Å². The minimum atomic E-state index is -0.518. The Balaban J connectivity index is 4.50. The van der Waals surface area contributed by atoms with E-state index in [0.717, 1.165) is 25.9 Å². The van der Waals surface area contributed by atoms with Crippen molar-refractivity contribution < 1.29 is 9.59 Å². The first kappa shape index (κ1) is 23.9. The Morgan fingerprint density at radius 2 is 1.24 bits per heavy atom. The summed E-state index contributed by atoms with van der Waals surface area (Å²) in [7, 11) is 3.59. The molecule has 1 atom stereocenters. The van der Waals surface area contributed by atoms with Crippen LogP contribution in [0.15, 0.2) is 0 Å². The highest BCUT2D eigenvalue weighted by Gasteiger charge is 2.24. The van der Waals surface area contributed by atoms with Gasteiger partial charge in [-0.05, 0) is 26.9 Å². The topological polar surface area (TPSA) is 66.6 Å². The van der Waals surface area contributed by atoms with E-state index < -0.39 is 11.9 Å². The van der Waals surface area contributed by atoms with Gasteiger partial charge in [0.25, 0.3) is 0 Å². The molecule has 0 aromatic rings. The molecule has 0 fully saturated rings. The van der Waals surface area contributed by atoms with Crippen LogP contribution in [0.3, 0.4) is 0 Å². The van der Waals surface area contributed by atoms with Crippen molar-refractivity contribution in [2.75, 3.05) is 27.2 Å². The van der Waals surface area contributed by atoms with Gasteiger partial charge in [0.05, 0.1) is 12.5 Å². The minimum Gasteiger partial charge on any atom is -0.368 e. The van der Waals surface area contributed by atoms with Crippen LogP contribution in [0.1, 0.15) is 84.5 Å². The maximum atomic E-state index is 12.7. The van der Waals surface area contributed by atoms with Gasteiger partial charge >= 0.3 is 0 Å². The maximum Gasteiger partial charge on any atom is 0.235 e. The molecule has 5 heteroatoms. The molecule has 2 N–H and O–H groups in total. The fourth-order valence-corrected chi connectivity index (χ4v) is 3.01. The smallest absolute Gasteiger partial charge is 0.235 e. The summed E-state index contributed by atoms with van der Waals surface area (Å²) in [4.78, 5) is 28.0. The van der Waals surface area contributed by atoms with E-state index in [1.54, 1.807) is 19.0 Å². The molecule has 0 aromatic heterocycles. The molecule has 0 aliphatic rings. The van der Waals surface area contributed by atoms with Crippen LogP contribution in [0.2, 0.25) is 0 Å². The van der Waals surface area contributed by atoms with Gasteiger partial charge in [0.15, 0.2) is 0 Å². The highest BCUT2D eigenvalue weighted by atomic mass is 16.2. The van der Waals surface area contributed by atoms with Gasteiger partial charge in [-0.15, -0.1) is 0 Å². The maximum absolute atomic E-state index is 12.7. The molecule has 0 spiro atoms. The summed E-state index contributed by atoms with van der Waals surface area (Å²) in [6.07, 6.45) is 12.0. The molecule has 1 unspecified atom stereocenters. The van der Waals surface area contributed by atoms with E-state index in [2.05, 4.69) is 13.8 Å². The number of hydrogen-bond acceptors (Lipinski definition) is 3. The Kier molecular flexibility index (Phi) is 14.5. The van der Waals surface area contributed by atoms with E-state index in [1.165, 1.54) is 51.4 Å². The summed E-state index contributed by atoms with van der Waals surface area (Å²) in [5.41, 5.74) is 5.44. The summed E-state index contributed by atoms with van der Waals surface area (Å²) in [6.45, 7) is 6.01. The predicted molar refractivity (Wildman–Crippen MR) is 105 cm³/mol. The molecule has 0 bridgehead atoms. The average molecular weight is 356 g/mol. The van der Waals surface area contributed by atoms with Crippen molar-refractivity contribution in [3.05, 3.63) is 0 Å². The number of amides is 2. The van der Waals surface area contributed by atoms with Crippen molar-refractivity contribution in [1.29, 1.82) is 0 Å². The third-order valence-electron chi connectivity index (χ3n) is 4.74. The number of hydrogen-bond donors (Lipinski definition) is 1. The second-order valence-corrected chi connectivity index (χ2v) is 7.30. The van der Waals surface area contributed by atoms with E-state index in [1.807, 2.05) is 4.90 Å². The van der Waals surface area contributed by atoms with Gasteiger partial charge < -0.3 is 10.6 Å². The molecular weight excluding hydrogens is 314 g/mol. The quantitative estimate of drug-likeness (QED) is 0.430. The van der Waals surface area contributed by atoms with Crippen molar-refractivity contribution in [1.82, 2.24) is 9.80 Å². The molecule has 0 aliphatic carbocycles. The monoisotopic (exact) mass is 355 g/mol. The Bertz CT molecular complexity index is 345. The van der Waals surface area contributed by atoms with Crippen LogP contribution < -0.4 is 5.73 Å². The first-order valence-corrected chi connectivity index (χ1v) is 10.2. The Hall–Kier alpha value is -1.10. The summed E-state index contributed by atoms with van der Waals surface area (Å²) < 4.78 is 0. The van der Waals surface area contributed by atoms with E-state index in [-0.39, 0.29) is 12.3 Å². The van der Waals surface area contributed by atoms with Crippen molar-refractivity contribution in [3.63, 3.8) is 0 Å². The van der Waals surface area contributed by atoms with Crippen LogP contribution in [0.5, 0.6) is 0 Å². The summed E-state index contributed by atoms with van der Waals surface area (Å²) in [5.74, 6) is -0.368. The first-order chi connectivity index (χ1) is 11.9.